The lowest BCUT2D eigenvalue weighted by molar-refractivity contribution is 0.319. The van der Waals surface area contributed by atoms with Gasteiger partial charge in [-0.25, -0.2) is 0 Å². The number of nitrogens with zero attached hydrogens (tertiary/aromatic N) is 2. The molecule has 7 heteroatoms. The first kappa shape index (κ1) is 17.3. The average molecular weight is 395 g/mol. The van der Waals surface area contributed by atoms with Gasteiger partial charge in [0.2, 0.25) is 0 Å². The highest BCUT2D eigenvalue weighted by Gasteiger charge is 2.15. The Hall–Kier alpha value is -1.53. The highest BCUT2D eigenvalue weighted by atomic mass is 35.5. The van der Waals surface area contributed by atoms with Gasteiger partial charge in [-0.1, -0.05) is 58.7 Å². The summed E-state index contributed by atoms with van der Waals surface area (Å²) in [4.78, 5) is 5.27. The standard InChI is InChI=1S/C17H12Cl2N2OS2/c18-16-8-12(17(19)24-16)14(21-22)10-23-15-6-7-20-9-13(15)11-4-2-1-3-5-11/h1-9,22H,10H2/b21-14+. The molecule has 1 aromatic carbocycles. The van der Waals surface area contributed by atoms with Gasteiger partial charge in [0.25, 0.3) is 0 Å². The fraction of sp³-hybridized carbons (Fsp3) is 0.0588. The molecule has 2 heterocycles. The van der Waals surface area contributed by atoms with E-state index in [1.54, 1.807) is 24.0 Å². The molecule has 3 rings (SSSR count). The zero-order valence-corrected chi connectivity index (χ0v) is 15.5. The van der Waals surface area contributed by atoms with Crippen LogP contribution >= 0.6 is 46.3 Å². The van der Waals surface area contributed by atoms with Crippen LogP contribution in [0.15, 0.2) is 64.9 Å². The topological polar surface area (TPSA) is 45.5 Å². The van der Waals surface area contributed by atoms with E-state index in [4.69, 9.17) is 23.2 Å². The Balaban J connectivity index is 1.83. The molecule has 0 radical (unpaired) electrons. The number of aromatic nitrogens is 1. The fourth-order valence-electron chi connectivity index (χ4n) is 2.19. The summed E-state index contributed by atoms with van der Waals surface area (Å²) in [7, 11) is 0. The molecule has 0 saturated carbocycles. The summed E-state index contributed by atoms with van der Waals surface area (Å²) in [6.07, 6.45) is 3.58. The van der Waals surface area contributed by atoms with Crippen LogP contribution in [0.1, 0.15) is 5.56 Å². The molecule has 0 atom stereocenters. The minimum Gasteiger partial charge on any atom is -0.411 e. The number of hydrogen-bond donors (Lipinski definition) is 1. The molecule has 0 saturated heterocycles. The van der Waals surface area contributed by atoms with E-state index in [1.807, 2.05) is 42.6 Å². The van der Waals surface area contributed by atoms with Crippen molar-refractivity contribution < 1.29 is 5.21 Å². The molecule has 1 N–H and O–H groups in total. The molecule has 24 heavy (non-hydrogen) atoms. The third-order valence-electron chi connectivity index (χ3n) is 3.32. The van der Waals surface area contributed by atoms with Gasteiger partial charge in [0.05, 0.1) is 10.0 Å². The molecule has 3 aromatic rings. The maximum absolute atomic E-state index is 9.34. The molecule has 0 amide bonds. The first-order chi connectivity index (χ1) is 11.7. The molecule has 0 bridgehead atoms. The number of hydrogen-bond acceptors (Lipinski definition) is 5. The maximum Gasteiger partial charge on any atom is 0.104 e. The van der Waals surface area contributed by atoms with E-state index in [2.05, 4.69) is 10.1 Å². The lowest BCUT2D eigenvalue weighted by Crippen LogP contribution is -2.04. The third-order valence-corrected chi connectivity index (χ3v) is 5.89. The Morgan fingerprint density at radius 3 is 2.67 bits per heavy atom. The fourth-order valence-corrected chi connectivity index (χ4v) is 4.68. The minimum atomic E-state index is 0.465. The van der Waals surface area contributed by atoms with Crippen LogP contribution in [0.4, 0.5) is 0 Å². The number of oxime groups is 1. The molecule has 2 aromatic heterocycles. The van der Waals surface area contributed by atoms with Crippen molar-refractivity contribution in [2.45, 2.75) is 4.90 Å². The predicted molar refractivity (Wildman–Crippen MR) is 103 cm³/mol. The summed E-state index contributed by atoms with van der Waals surface area (Å²) < 4.78 is 1.08. The van der Waals surface area contributed by atoms with Gasteiger partial charge in [-0.15, -0.1) is 23.1 Å². The van der Waals surface area contributed by atoms with Crippen molar-refractivity contribution in [2.75, 3.05) is 5.75 Å². The summed E-state index contributed by atoms with van der Waals surface area (Å²) in [5, 5.41) is 12.7. The Kier molecular flexibility index (Phi) is 5.79. The van der Waals surface area contributed by atoms with Crippen molar-refractivity contribution in [1.29, 1.82) is 0 Å². The molecule has 0 aliphatic heterocycles. The van der Waals surface area contributed by atoms with Gasteiger partial charge in [-0.3, -0.25) is 4.98 Å². The lowest BCUT2D eigenvalue weighted by atomic mass is 10.1. The lowest BCUT2D eigenvalue weighted by Gasteiger charge is -2.09. The zero-order chi connectivity index (χ0) is 16.9. The first-order valence-corrected chi connectivity index (χ1v) is 9.53. The van der Waals surface area contributed by atoms with Gasteiger partial charge in [-0.2, -0.15) is 0 Å². The Labute approximate surface area is 158 Å². The molecule has 0 aliphatic rings. The molecule has 0 fully saturated rings. The summed E-state index contributed by atoms with van der Waals surface area (Å²) >= 11 is 14.9. The van der Waals surface area contributed by atoms with Crippen LogP contribution in [-0.4, -0.2) is 21.7 Å². The van der Waals surface area contributed by atoms with E-state index in [1.165, 1.54) is 11.3 Å². The van der Waals surface area contributed by atoms with Crippen LogP contribution in [0.25, 0.3) is 11.1 Å². The Morgan fingerprint density at radius 2 is 2.00 bits per heavy atom. The van der Waals surface area contributed by atoms with Crippen molar-refractivity contribution in [3.05, 3.63) is 69.1 Å². The Bertz CT molecular complexity index is 866. The monoisotopic (exact) mass is 394 g/mol. The number of halogens is 2. The van der Waals surface area contributed by atoms with E-state index in [0.717, 1.165) is 16.0 Å². The van der Waals surface area contributed by atoms with Gasteiger partial charge in [0, 0.05) is 34.2 Å². The largest absolute Gasteiger partial charge is 0.411 e. The predicted octanol–water partition coefficient (Wildman–Crippen LogP) is 6.09. The van der Waals surface area contributed by atoms with Gasteiger partial charge >= 0.3 is 0 Å². The van der Waals surface area contributed by atoms with Gasteiger partial charge < -0.3 is 5.21 Å². The average Bonchev–Trinajstić information content (AvgIpc) is 2.95. The van der Waals surface area contributed by atoms with E-state index >= 15 is 0 Å². The summed E-state index contributed by atoms with van der Waals surface area (Å²) in [5.41, 5.74) is 3.28. The van der Waals surface area contributed by atoms with E-state index in [9.17, 15) is 5.21 Å². The molecule has 0 spiro atoms. The number of pyridine rings is 1. The van der Waals surface area contributed by atoms with Gasteiger partial charge in [0.15, 0.2) is 0 Å². The van der Waals surface area contributed by atoms with Crippen LogP contribution in [0.5, 0.6) is 0 Å². The normalized spacial score (nSPS) is 11.7. The highest BCUT2D eigenvalue weighted by molar-refractivity contribution is 8.00. The number of thiophene rings is 1. The molecule has 3 nitrogen and oxygen atoms in total. The van der Waals surface area contributed by atoms with Crippen LogP contribution < -0.4 is 0 Å². The number of thioether (sulfide) groups is 1. The second kappa shape index (κ2) is 8.03. The van der Waals surface area contributed by atoms with E-state index in [-0.39, 0.29) is 0 Å². The first-order valence-electron chi connectivity index (χ1n) is 6.97. The summed E-state index contributed by atoms with van der Waals surface area (Å²) in [5.74, 6) is 0.465. The smallest absolute Gasteiger partial charge is 0.104 e. The van der Waals surface area contributed by atoms with Crippen molar-refractivity contribution in [3.8, 4) is 11.1 Å². The molecular weight excluding hydrogens is 383 g/mol. The van der Waals surface area contributed by atoms with Crippen LogP contribution in [0.3, 0.4) is 0 Å². The number of benzene rings is 1. The van der Waals surface area contributed by atoms with Crippen LogP contribution in [-0.2, 0) is 0 Å². The van der Waals surface area contributed by atoms with Crippen LogP contribution in [0.2, 0.25) is 8.67 Å². The Morgan fingerprint density at radius 1 is 1.21 bits per heavy atom. The number of rotatable bonds is 5. The van der Waals surface area contributed by atoms with Crippen molar-refractivity contribution >= 4 is 52.0 Å². The quantitative estimate of drug-likeness (QED) is 0.246. The van der Waals surface area contributed by atoms with Crippen molar-refractivity contribution in [1.82, 2.24) is 4.98 Å². The SMILES string of the molecule is O/N=C(\CSc1ccncc1-c1ccccc1)c1cc(Cl)sc1Cl. The van der Waals surface area contributed by atoms with E-state index in [0.29, 0.717) is 25.7 Å². The minimum absolute atomic E-state index is 0.465. The second-order valence-electron chi connectivity index (χ2n) is 4.81. The van der Waals surface area contributed by atoms with Crippen molar-refractivity contribution in [2.24, 2.45) is 5.16 Å². The van der Waals surface area contributed by atoms with Crippen LogP contribution in [0, 0.1) is 0 Å². The van der Waals surface area contributed by atoms with Gasteiger partial charge in [-0.05, 0) is 17.7 Å². The summed E-state index contributed by atoms with van der Waals surface area (Å²) in [6, 6.07) is 13.7. The van der Waals surface area contributed by atoms with Crippen molar-refractivity contribution in [3.63, 3.8) is 0 Å². The molecule has 122 valence electrons. The zero-order valence-electron chi connectivity index (χ0n) is 12.3. The molecule has 0 unspecified atom stereocenters. The summed E-state index contributed by atoms with van der Waals surface area (Å²) in [6.45, 7) is 0. The highest BCUT2D eigenvalue weighted by Crippen LogP contribution is 2.34. The molecular formula is C17H12Cl2N2OS2. The maximum atomic E-state index is 9.34. The molecule has 0 aliphatic carbocycles. The van der Waals surface area contributed by atoms with E-state index < -0.39 is 0 Å². The second-order valence-corrected chi connectivity index (χ2v) is 8.11. The third kappa shape index (κ3) is 3.92. The van der Waals surface area contributed by atoms with Gasteiger partial charge in [0.1, 0.15) is 4.34 Å².